The van der Waals surface area contributed by atoms with Crippen LogP contribution in [0.1, 0.15) is 17.4 Å². The normalized spacial score (nSPS) is 11.5. The van der Waals surface area contributed by atoms with Crippen molar-refractivity contribution in [2.75, 3.05) is 17.3 Å². The molecule has 4 nitrogen and oxygen atoms in total. The van der Waals surface area contributed by atoms with Gasteiger partial charge in [-0.1, -0.05) is 6.92 Å². The van der Waals surface area contributed by atoms with Crippen LogP contribution >= 0.6 is 11.3 Å². The lowest BCUT2D eigenvalue weighted by Gasteiger charge is -2.10. The number of aryl methyl sites for hydroxylation is 1. The van der Waals surface area contributed by atoms with Gasteiger partial charge in [0.15, 0.2) is 9.84 Å². The van der Waals surface area contributed by atoms with E-state index in [9.17, 15) is 8.42 Å². The number of hydrogen-bond donors (Lipinski definition) is 2. The molecule has 0 saturated heterocycles. The molecule has 0 atom stereocenters. The fourth-order valence-corrected chi connectivity index (χ4v) is 3.52. The lowest BCUT2D eigenvalue weighted by Crippen LogP contribution is -2.04. The van der Waals surface area contributed by atoms with Crippen molar-refractivity contribution in [1.29, 1.82) is 0 Å². The molecule has 3 N–H and O–H groups in total. The number of rotatable bonds is 5. The number of hydrogen-bond acceptors (Lipinski definition) is 5. The summed E-state index contributed by atoms with van der Waals surface area (Å²) < 4.78 is 22.9. The molecule has 0 spiro atoms. The second-order valence-electron chi connectivity index (χ2n) is 4.60. The van der Waals surface area contributed by atoms with Crippen LogP contribution in [0.3, 0.4) is 0 Å². The van der Waals surface area contributed by atoms with Gasteiger partial charge < -0.3 is 11.1 Å². The zero-order valence-corrected chi connectivity index (χ0v) is 13.1. The van der Waals surface area contributed by atoms with Crippen LogP contribution in [0.5, 0.6) is 0 Å². The maximum absolute atomic E-state index is 11.5. The van der Waals surface area contributed by atoms with Gasteiger partial charge in [0.1, 0.15) is 0 Å². The van der Waals surface area contributed by atoms with Crippen LogP contribution in [0.25, 0.3) is 0 Å². The molecule has 6 heteroatoms. The summed E-state index contributed by atoms with van der Waals surface area (Å²) in [6.45, 7) is 2.82. The molecule has 1 aromatic heterocycles. The molecular formula is C14H18N2O2S2. The SMILES string of the molecule is CCc1ccsc1CNc1ccc(S(C)(=O)=O)cc1N. The monoisotopic (exact) mass is 310 g/mol. The van der Waals surface area contributed by atoms with Crippen LogP contribution in [0, 0.1) is 0 Å². The Morgan fingerprint density at radius 1 is 1.30 bits per heavy atom. The lowest BCUT2D eigenvalue weighted by atomic mass is 10.2. The maximum atomic E-state index is 11.5. The Bertz CT molecular complexity index is 706. The van der Waals surface area contributed by atoms with E-state index in [1.165, 1.54) is 22.8 Å². The van der Waals surface area contributed by atoms with Crippen molar-refractivity contribution in [3.63, 3.8) is 0 Å². The summed E-state index contributed by atoms with van der Waals surface area (Å²) in [4.78, 5) is 1.52. The average Bonchev–Trinajstić information content (AvgIpc) is 2.83. The molecule has 0 aliphatic rings. The molecule has 0 bridgehead atoms. The van der Waals surface area contributed by atoms with E-state index < -0.39 is 9.84 Å². The van der Waals surface area contributed by atoms with Gasteiger partial charge >= 0.3 is 0 Å². The first kappa shape index (κ1) is 14.9. The van der Waals surface area contributed by atoms with Crippen LogP contribution in [-0.4, -0.2) is 14.7 Å². The fraction of sp³-hybridized carbons (Fsp3) is 0.286. The van der Waals surface area contributed by atoms with Gasteiger partial charge in [-0.3, -0.25) is 0 Å². The number of anilines is 2. The summed E-state index contributed by atoms with van der Waals surface area (Å²) in [6.07, 6.45) is 2.18. The highest BCUT2D eigenvalue weighted by Gasteiger charge is 2.10. The van der Waals surface area contributed by atoms with Crippen LogP contribution in [0.15, 0.2) is 34.5 Å². The molecule has 20 heavy (non-hydrogen) atoms. The molecule has 0 radical (unpaired) electrons. The number of nitrogens with one attached hydrogen (secondary N) is 1. The quantitative estimate of drug-likeness (QED) is 0.833. The minimum atomic E-state index is -3.22. The van der Waals surface area contributed by atoms with Crippen molar-refractivity contribution >= 4 is 32.5 Å². The maximum Gasteiger partial charge on any atom is 0.175 e. The Morgan fingerprint density at radius 2 is 2.05 bits per heavy atom. The van der Waals surface area contributed by atoms with Gasteiger partial charge in [-0.05, 0) is 41.6 Å². The summed E-state index contributed by atoms with van der Waals surface area (Å²) in [7, 11) is -3.22. The van der Waals surface area contributed by atoms with Gasteiger partial charge in [-0.2, -0.15) is 0 Å². The van der Waals surface area contributed by atoms with Gasteiger partial charge in [-0.25, -0.2) is 8.42 Å². The van der Waals surface area contributed by atoms with Crippen LogP contribution < -0.4 is 11.1 Å². The summed E-state index contributed by atoms with van der Waals surface area (Å²) >= 11 is 1.71. The molecule has 2 aromatic rings. The van der Waals surface area contributed by atoms with Crippen LogP contribution in [-0.2, 0) is 22.8 Å². The van der Waals surface area contributed by atoms with Gasteiger partial charge in [-0.15, -0.1) is 11.3 Å². The van der Waals surface area contributed by atoms with Crippen molar-refractivity contribution in [3.8, 4) is 0 Å². The topological polar surface area (TPSA) is 72.2 Å². The predicted octanol–water partition coefficient (Wildman–Crippen LogP) is 2.91. The van der Waals surface area contributed by atoms with Crippen LogP contribution in [0.2, 0.25) is 0 Å². The minimum absolute atomic E-state index is 0.242. The van der Waals surface area contributed by atoms with E-state index >= 15 is 0 Å². The van der Waals surface area contributed by atoms with Gasteiger partial charge in [0, 0.05) is 17.7 Å². The highest BCUT2D eigenvalue weighted by molar-refractivity contribution is 7.90. The molecule has 108 valence electrons. The Labute approximate surface area is 123 Å². The lowest BCUT2D eigenvalue weighted by molar-refractivity contribution is 0.602. The number of thiophene rings is 1. The van der Waals surface area contributed by atoms with E-state index in [4.69, 9.17) is 5.73 Å². The average molecular weight is 310 g/mol. The minimum Gasteiger partial charge on any atom is -0.397 e. The van der Waals surface area contributed by atoms with E-state index in [-0.39, 0.29) is 4.90 Å². The third-order valence-corrected chi connectivity index (χ3v) is 5.18. The zero-order chi connectivity index (χ0) is 14.8. The smallest absolute Gasteiger partial charge is 0.175 e. The summed E-state index contributed by atoms with van der Waals surface area (Å²) in [5.74, 6) is 0. The fourth-order valence-electron chi connectivity index (χ4n) is 1.95. The van der Waals surface area contributed by atoms with Crippen molar-refractivity contribution in [2.24, 2.45) is 0 Å². The summed E-state index contributed by atoms with van der Waals surface area (Å²) in [5.41, 5.74) is 8.44. The number of benzene rings is 1. The highest BCUT2D eigenvalue weighted by Crippen LogP contribution is 2.25. The zero-order valence-electron chi connectivity index (χ0n) is 11.5. The molecule has 0 aliphatic carbocycles. The predicted molar refractivity (Wildman–Crippen MR) is 85.0 cm³/mol. The molecule has 0 unspecified atom stereocenters. The second-order valence-corrected chi connectivity index (χ2v) is 7.61. The van der Waals surface area contributed by atoms with E-state index in [2.05, 4.69) is 23.7 Å². The summed E-state index contributed by atoms with van der Waals surface area (Å²) in [5, 5.41) is 5.33. The Kier molecular flexibility index (Phi) is 4.35. The molecule has 1 aromatic carbocycles. The van der Waals surface area contributed by atoms with Crippen molar-refractivity contribution in [3.05, 3.63) is 40.1 Å². The Hall–Kier alpha value is -1.53. The van der Waals surface area contributed by atoms with Gasteiger partial charge in [0.25, 0.3) is 0 Å². The first-order valence-electron chi connectivity index (χ1n) is 6.30. The third kappa shape index (κ3) is 3.32. The Morgan fingerprint density at radius 3 is 2.65 bits per heavy atom. The van der Waals surface area contributed by atoms with E-state index in [1.807, 2.05) is 0 Å². The van der Waals surface area contributed by atoms with E-state index in [0.29, 0.717) is 12.2 Å². The molecule has 0 saturated carbocycles. The first-order valence-corrected chi connectivity index (χ1v) is 9.07. The van der Waals surface area contributed by atoms with Crippen molar-refractivity contribution < 1.29 is 8.42 Å². The first-order chi connectivity index (χ1) is 9.41. The molecule has 2 rings (SSSR count). The number of nitrogens with two attached hydrogens (primary N) is 1. The third-order valence-electron chi connectivity index (χ3n) is 3.11. The van der Waals surface area contributed by atoms with Crippen molar-refractivity contribution in [2.45, 2.75) is 24.8 Å². The number of nitrogen functional groups attached to an aromatic ring is 1. The Balaban J connectivity index is 2.15. The highest BCUT2D eigenvalue weighted by atomic mass is 32.2. The largest absolute Gasteiger partial charge is 0.397 e. The molecule has 1 heterocycles. The van der Waals surface area contributed by atoms with Gasteiger partial charge in [0.05, 0.1) is 16.3 Å². The number of sulfone groups is 1. The van der Waals surface area contributed by atoms with E-state index in [1.54, 1.807) is 23.5 Å². The second kappa shape index (κ2) is 5.85. The molecule has 0 amide bonds. The summed E-state index contributed by atoms with van der Waals surface area (Å²) in [6, 6.07) is 6.90. The van der Waals surface area contributed by atoms with Crippen LogP contribution in [0.4, 0.5) is 11.4 Å². The van der Waals surface area contributed by atoms with Gasteiger partial charge in [0.2, 0.25) is 0 Å². The molecule has 0 aliphatic heterocycles. The van der Waals surface area contributed by atoms with Crippen molar-refractivity contribution in [1.82, 2.24) is 0 Å². The standard InChI is InChI=1S/C14H18N2O2S2/c1-3-10-6-7-19-14(10)9-16-13-5-4-11(8-12(13)15)20(2,17)18/h4-8,16H,3,9,15H2,1-2H3. The van der Waals surface area contributed by atoms with E-state index in [0.717, 1.165) is 12.1 Å². The molecule has 0 fully saturated rings. The molecular weight excluding hydrogens is 292 g/mol.